The van der Waals surface area contributed by atoms with E-state index in [-0.39, 0.29) is 18.7 Å². The van der Waals surface area contributed by atoms with Crippen molar-refractivity contribution in [3.8, 4) is 0 Å². The van der Waals surface area contributed by atoms with Crippen LogP contribution < -0.4 is 4.90 Å². The number of hydrogen-bond acceptors (Lipinski definition) is 2. The predicted octanol–water partition coefficient (Wildman–Crippen LogP) is 6.94. The third-order valence-corrected chi connectivity index (χ3v) is 7.16. The van der Waals surface area contributed by atoms with E-state index in [2.05, 4.69) is 37.3 Å². The van der Waals surface area contributed by atoms with Gasteiger partial charge in [0.25, 0.3) is 5.92 Å². The lowest BCUT2D eigenvalue weighted by molar-refractivity contribution is -0.154. The first kappa shape index (κ1) is 25.3. The van der Waals surface area contributed by atoms with Crippen LogP contribution in [0.5, 0.6) is 0 Å². The summed E-state index contributed by atoms with van der Waals surface area (Å²) in [4.78, 5) is 15.2. The van der Waals surface area contributed by atoms with Crippen molar-refractivity contribution in [2.24, 2.45) is 5.92 Å². The third kappa shape index (κ3) is 6.26. The molecule has 1 saturated carbocycles. The molecule has 0 aromatic heterocycles. The molecule has 0 heterocycles. The van der Waals surface area contributed by atoms with E-state index in [1.807, 2.05) is 36.4 Å². The number of rotatable bonds is 9. The van der Waals surface area contributed by atoms with E-state index < -0.39 is 24.4 Å². The molecule has 0 aliphatic heterocycles. The maximum absolute atomic E-state index is 14.3. The Labute approximate surface area is 206 Å². The fraction of sp³-hybridized carbons (Fsp3) is 0.433. The van der Waals surface area contributed by atoms with Gasteiger partial charge in [0.15, 0.2) is 0 Å². The molecule has 4 rings (SSSR count). The number of benzene rings is 3. The SMILES string of the molecule is CCCCCc1ccc(N(CCc2ccc3ccccc3c2)C(=O)[C@@H]2CC[C@H](O)C(F)(F)C2)cc1. The molecule has 0 radical (unpaired) electrons. The van der Waals surface area contributed by atoms with Gasteiger partial charge in [0.05, 0.1) is 0 Å². The number of aryl methyl sites for hydroxylation is 1. The summed E-state index contributed by atoms with van der Waals surface area (Å²) in [7, 11) is 0. The molecule has 3 nitrogen and oxygen atoms in total. The van der Waals surface area contributed by atoms with Gasteiger partial charge < -0.3 is 10.0 Å². The van der Waals surface area contributed by atoms with E-state index in [0.29, 0.717) is 13.0 Å². The highest BCUT2D eigenvalue weighted by atomic mass is 19.3. The molecular formula is C30H35F2NO2. The van der Waals surface area contributed by atoms with Crippen molar-refractivity contribution < 1.29 is 18.7 Å². The quantitative estimate of drug-likeness (QED) is 0.338. The summed E-state index contributed by atoms with van der Waals surface area (Å²) in [5, 5.41) is 12.0. The standard InChI is InChI=1S/C30H35F2NO2/c1-2-3-4-7-22-11-15-27(16-12-22)33(29(35)26-14-17-28(34)30(31,32)21-26)19-18-23-10-13-24-8-5-6-9-25(24)20-23/h5-6,8-13,15-16,20,26,28,34H,2-4,7,14,17-19,21H2,1H3/t26-,28+/m1/s1. The Morgan fingerprint density at radius 1 is 0.943 bits per heavy atom. The zero-order valence-corrected chi connectivity index (χ0v) is 20.4. The first-order chi connectivity index (χ1) is 16.9. The predicted molar refractivity (Wildman–Crippen MR) is 138 cm³/mol. The van der Waals surface area contributed by atoms with Gasteiger partial charge in [-0.1, -0.05) is 74.4 Å². The Kier molecular flexibility index (Phi) is 8.17. The number of halogens is 2. The van der Waals surface area contributed by atoms with Crippen molar-refractivity contribution in [1.82, 2.24) is 0 Å². The molecule has 3 aromatic rings. The Hall–Kier alpha value is -2.79. The number of aliphatic hydroxyl groups excluding tert-OH is 1. The Morgan fingerprint density at radius 3 is 2.37 bits per heavy atom. The van der Waals surface area contributed by atoms with Crippen LogP contribution in [0.4, 0.5) is 14.5 Å². The van der Waals surface area contributed by atoms with Crippen molar-refractivity contribution >= 4 is 22.4 Å². The van der Waals surface area contributed by atoms with E-state index in [1.165, 1.54) is 12.0 Å². The summed E-state index contributed by atoms with van der Waals surface area (Å²) in [6, 6.07) is 22.4. The summed E-state index contributed by atoms with van der Waals surface area (Å²) in [6.07, 6.45) is 3.03. The molecule has 2 atom stereocenters. The number of fused-ring (bicyclic) bond motifs is 1. The van der Waals surface area contributed by atoms with Gasteiger partial charge in [-0.15, -0.1) is 0 Å². The number of carbonyl (C=O) groups excluding carboxylic acids is 1. The second kappa shape index (κ2) is 11.3. The van der Waals surface area contributed by atoms with Crippen LogP contribution in [-0.2, 0) is 17.6 Å². The largest absolute Gasteiger partial charge is 0.387 e. The minimum Gasteiger partial charge on any atom is -0.387 e. The molecule has 0 saturated heterocycles. The molecule has 35 heavy (non-hydrogen) atoms. The molecule has 5 heteroatoms. The number of aliphatic hydroxyl groups is 1. The fourth-order valence-corrected chi connectivity index (χ4v) is 4.99. The molecule has 1 N–H and O–H groups in total. The molecule has 0 spiro atoms. The number of anilines is 1. The maximum Gasteiger partial charge on any atom is 0.274 e. The number of nitrogens with zero attached hydrogens (tertiary/aromatic N) is 1. The number of alkyl halides is 2. The van der Waals surface area contributed by atoms with Crippen LogP contribution in [0.2, 0.25) is 0 Å². The summed E-state index contributed by atoms with van der Waals surface area (Å²) >= 11 is 0. The summed E-state index contributed by atoms with van der Waals surface area (Å²) < 4.78 is 28.5. The molecular weight excluding hydrogens is 444 g/mol. The average molecular weight is 480 g/mol. The van der Waals surface area contributed by atoms with Gasteiger partial charge in [0.2, 0.25) is 5.91 Å². The fourth-order valence-electron chi connectivity index (χ4n) is 4.99. The zero-order chi connectivity index (χ0) is 24.8. The second-order valence-corrected chi connectivity index (χ2v) is 9.80. The number of hydrogen-bond donors (Lipinski definition) is 1. The van der Waals surface area contributed by atoms with Crippen molar-refractivity contribution in [2.45, 2.75) is 70.3 Å². The van der Waals surface area contributed by atoms with Crippen molar-refractivity contribution in [1.29, 1.82) is 0 Å². The first-order valence-corrected chi connectivity index (χ1v) is 12.8. The highest BCUT2D eigenvalue weighted by Gasteiger charge is 2.47. The Balaban J connectivity index is 1.54. The maximum atomic E-state index is 14.3. The lowest BCUT2D eigenvalue weighted by Crippen LogP contribution is -2.46. The van der Waals surface area contributed by atoms with E-state index in [0.717, 1.165) is 41.3 Å². The Morgan fingerprint density at radius 2 is 1.66 bits per heavy atom. The lowest BCUT2D eigenvalue weighted by Gasteiger charge is -2.35. The van der Waals surface area contributed by atoms with Gasteiger partial charge in [0.1, 0.15) is 6.10 Å². The number of unbranched alkanes of at least 4 members (excludes halogenated alkanes) is 2. The van der Waals surface area contributed by atoms with E-state index >= 15 is 0 Å². The number of amides is 1. The lowest BCUT2D eigenvalue weighted by atomic mass is 9.83. The summed E-state index contributed by atoms with van der Waals surface area (Å²) in [5.41, 5.74) is 3.06. The zero-order valence-electron chi connectivity index (χ0n) is 20.4. The topological polar surface area (TPSA) is 40.5 Å². The second-order valence-electron chi connectivity index (χ2n) is 9.80. The van der Waals surface area contributed by atoms with Gasteiger partial charge in [-0.25, -0.2) is 8.78 Å². The first-order valence-electron chi connectivity index (χ1n) is 12.8. The van der Waals surface area contributed by atoms with Crippen LogP contribution in [-0.4, -0.2) is 29.6 Å². The molecule has 1 aliphatic carbocycles. The van der Waals surface area contributed by atoms with Crippen LogP contribution in [0.15, 0.2) is 66.7 Å². The van der Waals surface area contributed by atoms with Gasteiger partial charge in [-0.2, -0.15) is 0 Å². The third-order valence-electron chi connectivity index (χ3n) is 7.16. The average Bonchev–Trinajstić information content (AvgIpc) is 2.86. The van der Waals surface area contributed by atoms with E-state index in [1.54, 1.807) is 4.90 Å². The van der Waals surface area contributed by atoms with Crippen LogP contribution in [0.1, 0.15) is 56.6 Å². The van der Waals surface area contributed by atoms with Crippen LogP contribution in [0.3, 0.4) is 0 Å². The molecule has 1 aliphatic rings. The van der Waals surface area contributed by atoms with Gasteiger partial charge in [-0.05, 0) is 66.1 Å². The van der Waals surface area contributed by atoms with Gasteiger partial charge >= 0.3 is 0 Å². The molecule has 1 amide bonds. The molecule has 1 fully saturated rings. The molecule has 3 aromatic carbocycles. The van der Waals surface area contributed by atoms with Crippen LogP contribution in [0, 0.1) is 5.92 Å². The van der Waals surface area contributed by atoms with Crippen molar-refractivity contribution in [3.05, 3.63) is 77.9 Å². The highest BCUT2D eigenvalue weighted by Crippen LogP contribution is 2.38. The van der Waals surface area contributed by atoms with E-state index in [4.69, 9.17) is 0 Å². The summed E-state index contributed by atoms with van der Waals surface area (Å²) in [5.74, 6) is -4.31. The van der Waals surface area contributed by atoms with Crippen molar-refractivity contribution in [3.63, 3.8) is 0 Å². The van der Waals surface area contributed by atoms with Crippen LogP contribution >= 0.6 is 0 Å². The van der Waals surface area contributed by atoms with Gasteiger partial charge in [0, 0.05) is 24.6 Å². The van der Waals surface area contributed by atoms with Gasteiger partial charge in [-0.3, -0.25) is 4.79 Å². The normalized spacial score (nSPS) is 19.5. The molecule has 0 bridgehead atoms. The van der Waals surface area contributed by atoms with Crippen LogP contribution in [0.25, 0.3) is 10.8 Å². The minimum absolute atomic E-state index is 0.0573. The van der Waals surface area contributed by atoms with Crippen molar-refractivity contribution in [2.75, 3.05) is 11.4 Å². The molecule has 186 valence electrons. The van der Waals surface area contributed by atoms with E-state index in [9.17, 15) is 18.7 Å². The summed E-state index contributed by atoms with van der Waals surface area (Å²) in [6.45, 7) is 2.59. The minimum atomic E-state index is -3.23. The Bertz CT molecular complexity index is 1130. The molecule has 0 unspecified atom stereocenters. The highest BCUT2D eigenvalue weighted by molar-refractivity contribution is 5.95. The number of carbonyl (C=O) groups is 1. The monoisotopic (exact) mass is 479 g/mol. The smallest absolute Gasteiger partial charge is 0.274 e.